The van der Waals surface area contributed by atoms with E-state index in [0.29, 0.717) is 12.8 Å². The van der Waals surface area contributed by atoms with Crippen molar-refractivity contribution in [3.05, 3.63) is 60.8 Å². The minimum Gasteiger partial charge on any atom is -0.462 e. The molecule has 0 spiro atoms. The fourth-order valence-electron chi connectivity index (χ4n) is 6.02. The van der Waals surface area contributed by atoms with Crippen LogP contribution in [0.3, 0.4) is 0 Å². The summed E-state index contributed by atoms with van der Waals surface area (Å²) in [4.78, 5) is 37.6. The molecule has 55 heavy (non-hydrogen) atoms. The van der Waals surface area contributed by atoms with Gasteiger partial charge in [0.2, 0.25) is 0 Å². The molecule has 0 rings (SSSR count). The molecule has 6 nitrogen and oxygen atoms in total. The Morgan fingerprint density at radius 1 is 0.382 bits per heavy atom. The lowest BCUT2D eigenvalue weighted by molar-refractivity contribution is -0.167. The summed E-state index contributed by atoms with van der Waals surface area (Å²) < 4.78 is 16.6. The highest BCUT2D eigenvalue weighted by Gasteiger charge is 2.19. The first-order chi connectivity index (χ1) is 27.0. The van der Waals surface area contributed by atoms with Crippen LogP contribution in [0.2, 0.25) is 0 Å². The van der Waals surface area contributed by atoms with E-state index < -0.39 is 6.10 Å². The fraction of sp³-hybridized carbons (Fsp3) is 0.735. The van der Waals surface area contributed by atoms with Crippen LogP contribution in [-0.2, 0) is 28.6 Å². The molecule has 0 amide bonds. The topological polar surface area (TPSA) is 78.9 Å². The van der Waals surface area contributed by atoms with E-state index >= 15 is 0 Å². The SMILES string of the molecule is CCCC/C=C\C=C/CCCCCC(=O)OC(COC(=O)CCC/C=C\C/C=C\C/C=C\CCCCCCCC)COC(=O)CCCCCCCCCCC. The van der Waals surface area contributed by atoms with Gasteiger partial charge in [0.15, 0.2) is 6.10 Å². The first-order valence-corrected chi connectivity index (χ1v) is 22.8. The third kappa shape index (κ3) is 42.1. The van der Waals surface area contributed by atoms with Crippen LogP contribution in [0, 0.1) is 0 Å². The number of hydrogen-bond donors (Lipinski definition) is 0. The zero-order chi connectivity index (χ0) is 40.1. The highest BCUT2D eigenvalue weighted by Crippen LogP contribution is 2.13. The molecular weight excluding hydrogens is 685 g/mol. The molecule has 0 aliphatic carbocycles. The van der Waals surface area contributed by atoms with Crippen LogP contribution in [0.1, 0.15) is 213 Å². The molecule has 1 atom stereocenters. The highest BCUT2D eigenvalue weighted by molar-refractivity contribution is 5.71. The van der Waals surface area contributed by atoms with Crippen LogP contribution in [0.5, 0.6) is 0 Å². The van der Waals surface area contributed by atoms with E-state index in [2.05, 4.69) is 81.5 Å². The maximum atomic E-state index is 12.7. The largest absolute Gasteiger partial charge is 0.462 e. The molecule has 1 unspecified atom stereocenters. The lowest BCUT2D eigenvalue weighted by Gasteiger charge is -2.18. The third-order valence-electron chi connectivity index (χ3n) is 9.52. The molecular formula is C49H84O6. The predicted octanol–water partition coefficient (Wildman–Crippen LogP) is 14.5. The molecule has 0 aliphatic heterocycles. The minimum atomic E-state index is -0.803. The van der Waals surface area contributed by atoms with Gasteiger partial charge >= 0.3 is 17.9 Å². The first kappa shape index (κ1) is 52.1. The van der Waals surface area contributed by atoms with E-state index in [1.165, 1.54) is 96.3 Å². The van der Waals surface area contributed by atoms with Gasteiger partial charge in [0.25, 0.3) is 0 Å². The number of carbonyl (C=O) groups excluding carboxylic acids is 3. The molecule has 0 bridgehead atoms. The molecule has 0 saturated carbocycles. The Morgan fingerprint density at radius 2 is 0.745 bits per heavy atom. The lowest BCUT2D eigenvalue weighted by Crippen LogP contribution is -2.30. The summed E-state index contributed by atoms with van der Waals surface area (Å²) in [6.45, 7) is 6.47. The van der Waals surface area contributed by atoms with Gasteiger partial charge in [-0.05, 0) is 70.6 Å². The molecule has 0 radical (unpaired) electrons. The van der Waals surface area contributed by atoms with Crippen LogP contribution in [0.15, 0.2) is 60.8 Å². The summed E-state index contributed by atoms with van der Waals surface area (Å²) >= 11 is 0. The van der Waals surface area contributed by atoms with E-state index in [4.69, 9.17) is 14.2 Å². The van der Waals surface area contributed by atoms with E-state index in [1.54, 1.807) is 0 Å². The molecule has 316 valence electrons. The minimum absolute atomic E-state index is 0.100. The van der Waals surface area contributed by atoms with Crippen molar-refractivity contribution in [2.45, 2.75) is 219 Å². The number of carbonyl (C=O) groups is 3. The van der Waals surface area contributed by atoms with Crippen LogP contribution in [0.4, 0.5) is 0 Å². The molecule has 0 N–H and O–H groups in total. The molecule has 0 aromatic rings. The highest BCUT2D eigenvalue weighted by atomic mass is 16.6. The lowest BCUT2D eigenvalue weighted by atomic mass is 10.1. The Morgan fingerprint density at radius 3 is 1.27 bits per heavy atom. The second-order valence-electron chi connectivity index (χ2n) is 15.0. The van der Waals surface area contributed by atoms with Crippen molar-refractivity contribution in [3.63, 3.8) is 0 Å². The van der Waals surface area contributed by atoms with Crippen LogP contribution in [0.25, 0.3) is 0 Å². The van der Waals surface area contributed by atoms with Crippen molar-refractivity contribution in [3.8, 4) is 0 Å². The maximum absolute atomic E-state index is 12.7. The molecule has 0 heterocycles. The number of allylic oxidation sites excluding steroid dienone is 10. The molecule has 0 aromatic carbocycles. The van der Waals surface area contributed by atoms with E-state index in [0.717, 1.165) is 70.6 Å². The summed E-state index contributed by atoms with van der Waals surface area (Å²) in [6.07, 6.45) is 52.1. The Hall–Kier alpha value is -2.89. The van der Waals surface area contributed by atoms with Crippen molar-refractivity contribution < 1.29 is 28.6 Å². The van der Waals surface area contributed by atoms with Gasteiger partial charge in [-0.3, -0.25) is 14.4 Å². The summed E-state index contributed by atoms with van der Waals surface area (Å²) in [5.41, 5.74) is 0. The van der Waals surface area contributed by atoms with Crippen molar-refractivity contribution in [2.24, 2.45) is 0 Å². The molecule has 6 heteroatoms. The van der Waals surface area contributed by atoms with E-state index in [9.17, 15) is 14.4 Å². The molecule has 0 saturated heterocycles. The summed E-state index contributed by atoms with van der Waals surface area (Å²) in [7, 11) is 0. The van der Waals surface area contributed by atoms with Crippen LogP contribution >= 0.6 is 0 Å². The Balaban J connectivity index is 4.45. The molecule has 0 aromatic heterocycles. The van der Waals surface area contributed by atoms with E-state index in [1.807, 2.05) is 0 Å². The maximum Gasteiger partial charge on any atom is 0.306 e. The normalized spacial score (nSPS) is 12.6. The third-order valence-corrected chi connectivity index (χ3v) is 9.52. The van der Waals surface area contributed by atoms with Gasteiger partial charge in [-0.15, -0.1) is 0 Å². The fourth-order valence-corrected chi connectivity index (χ4v) is 6.02. The summed E-state index contributed by atoms with van der Waals surface area (Å²) in [5, 5.41) is 0. The van der Waals surface area contributed by atoms with Crippen LogP contribution in [-0.4, -0.2) is 37.2 Å². The summed E-state index contributed by atoms with van der Waals surface area (Å²) in [6, 6.07) is 0. The quantitative estimate of drug-likeness (QED) is 0.0203. The second kappa shape index (κ2) is 43.8. The smallest absolute Gasteiger partial charge is 0.306 e. The van der Waals surface area contributed by atoms with Crippen molar-refractivity contribution in [1.82, 2.24) is 0 Å². The van der Waals surface area contributed by atoms with Gasteiger partial charge in [-0.2, -0.15) is 0 Å². The van der Waals surface area contributed by atoms with Gasteiger partial charge in [-0.25, -0.2) is 0 Å². The predicted molar refractivity (Wildman–Crippen MR) is 233 cm³/mol. The van der Waals surface area contributed by atoms with Crippen molar-refractivity contribution in [2.75, 3.05) is 13.2 Å². The molecule has 0 aliphatic rings. The van der Waals surface area contributed by atoms with Gasteiger partial charge in [-0.1, -0.05) is 184 Å². The van der Waals surface area contributed by atoms with Gasteiger partial charge in [0.05, 0.1) is 0 Å². The number of ether oxygens (including phenoxy) is 3. The average molecular weight is 769 g/mol. The number of esters is 3. The standard InChI is InChI=1S/C49H84O6/c1-4-7-10-13-16-19-21-22-23-24-25-26-28-30-33-36-39-42-48(51)54-45-46(44-53-47(50)41-38-35-32-29-18-15-12-9-6-3)55-49(52)43-40-37-34-31-27-20-17-14-11-8-5-2/h14,17,20,22-23,25-27,30,33,46H,4-13,15-16,18-19,21,24,28-29,31-32,34-45H2,1-3H3/b17-14-,23-22-,26-25-,27-20-,33-30-. The monoisotopic (exact) mass is 769 g/mol. The Labute approximate surface area is 339 Å². The van der Waals surface area contributed by atoms with Gasteiger partial charge < -0.3 is 14.2 Å². The van der Waals surface area contributed by atoms with Gasteiger partial charge in [0.1, 0.15) is 13.2 Å². The Kier molecular flexibility index (Phi) is 41.5. The number of hydrogen-bond acceptors (Lipinski definition) is 6. The van der Waals surface area contributed by atoms with Crippen molar-refractivity contribution in [1.29, 1.82) is 0 Å². The zero-order valence-electron chi connectivity index (χ0n) is 35.9. The zero-order valence-corrected chi connectivity index (χ0v) is 35.9. The second-order valence-corrected chi connectivity index (χ2v) is 15.0. The van der Waals surface area contributed by atoms with Crippen molar-refractivity contribution >= 4 is 17.9 Å². The molecule has 0 fully saturated rings. The van der Waals surface area contributed by atoms with Gasteiger partial charge in [0, 0.05) is 19.3 Å². The number of rotatable bonds is 40. The Bertz CT molecular complexity index is 1020. The first-order valence-electron chi connectivity index (χ1n) is 22.8. The number of unbranched alkanes of at least 4 members (excludes halogenated alkanes) is 20. The summed E-state index contributed by atoms with van der Waals surface area (Å²) in [5.74, 6) is -0.990. The van der Waals surface area contributed by atoms with E-state index in [-0.39, 0.29) is 44.0 Å². The van der Waals surface area contributed by atoms with Crippen LogP contribution < -0.4 is 0 Å². The average Bonchev–Trinajstić information content (AvgIpc) is 3.18.